The second kappa shape index (κ2) is 2.35. The highest BCUT2D eigenvalue weighted by Gasteiger charge is 2.15. The van der Waals surface area contributed by atoms with E-state index in [-0.39, 0.29) is 0 Å². The maximum absolute atomic E-state index is 3.74. The molecule has 0 unspecified atom stereocenters. The minimum atomic E-state index is 0.972. The summed E-state index contributed by atoms with van der Waals surface area (Å²) in [6.07, 6.45) is 6.16. The lowest BCUT2D eigenvalue weighted by atomic mass is 10.2. The molecule has 0 aromatic carbocycles. The van der Waals surface area contributed by atoms with Crippen LogP contribution in [0.25, 0.3) is 6.08 Å². The summed E-state index contributed by atoms with van der Waals surface area (Å²) in [6.45, 7) is 4.72. The van der Waals surface area contributed by atoms with Crippen molar-refractivity contribution in [3.63, 3.8) is 0 Å². The average Bonchev–Trinajstić information content (AvgIpc) is 2.46. The van der Waals surface area contributed by atoms with E-state index in [1.165, 1.54) is 11.3 Å². The largest absolute Gasteiger partial charge is 0.205 e. The number of hydrogen-bond donors (Lipinski definition) is 0. The van der Waals surface area contributed by atoms with Gasteiger partial charge in [0.05, 0.1) is 0 Å². The lowest BCUT2D eigenvalue weighted by molar-refractivity contribution is -0.685. The highest BCUT2D eigenvalue weighted by molar-refractivity contribution is 5.51. The van der Waals surface area contributed by atoms with E-state index in [2.05, 4.69) is 29.5 Å². The third kappa shape index (κ3) is 0.984. The molecule has 0 N–H and O–H groups in total. The van der Waals surface area contributed by atoms with Crippen molar-refractivity contribution in [1.82, 2.24) is 0 Å². The lowest BCUT2D eigenvalue weighted by Gasteiger charge is -1.88. The summed E-state index contributed by atoms with van der Waals surface area (Å²) in [5.41, 5.74) is 2.55. The van der Waals surface area contributed by atoms with E-state index < -0.39 is 0 Å². The number of aromatic nitrogens is 1. The van der Waals surface area contributed by atoms with Crippen LogP contribution in [0.3, 0.4) is 0 Å². The predicted octanol–water partition coefficient (Wildman–Crippen LogP) is 1.56. The first kappa shape index (κ1) is 6.35. The molecule has 0 saturated carbocycles. The van der Waals surface area contributed by atoms with E-state index in [0.717, 1.165) is 6.54 Å². The third-order valence-corrected chi connectivity index (χ3v) is 1.92. The molecule has 0 spiro atoms. The Kier molecular flexibility index (Phi) is 1.35. The normalized spacial score (nSPS) is 14.0. The first-order chi connectivity index (χ1) is 5.40. The fraction of sp³-hybridized carbons (Fsp3) is 0.100. The van der Waals surface area contributed by atoms with E-state index in [9.17, 15) is 0 Å². The SMILES string of the molecule is C=CC1=Cc2cccc[n+]2C1. The molecule has 0 aliphatic carbocycles. The topological polar surface area (TPSA) is 3.88 Å². The smallest absolute Gasteiger partial charge is 0.194 e. The molecule has 2 rings (SSSR count). The van der Waals surface area contributed by atoms with Crippen molar-refractivity contribution in [3.8, 4) is 0 Å². The van der Waals surface area contributed by atoms with Crippen molar-refractivity contribution >= 4 is 6.08 Å². The molecule has 1 aliphatic rings. The van der Waals surface area contributed by atoms with E-state index >= 15 is 0 Å². The van der Waals surface area contributed by atoms with Gasteiger partial charge in [0.15, 0.2) is 12.7 Å². The highest BCUT2D eigenvalue weighted by Crippen LogP contribution is 2.10. The van der Waals surface area contributed by atoms with Crippen molar-refractivity contribution < 1.29 is 4.57 Å². The van der Waals surface area contributed by atoms with Crippen LogP contribution < -0.4 is 4.57 Å². The average molecular weight is 144 g/mol. The maximum Gasteiger partial charge on any atom is 0.205 e. The first-order valence-electron chi connectivity index (χ1n) is 3.71. The van der Waals surface area contributed by atoms with Crippen LogP contribution in [0.1, 0.15) is 5.69 Å². The third-order valence-electron chi connectivity index (χ3n) is 1.92. The van der Waals surface area contributed by atoms with E-state index in [4.69, 9.17) is 0 Å². The molecule has 0 amide bonds. The lowest BCUT2D eigenvalue weighted by Crippen LogP contribution is -2.32. The van der Waals surface area contributed by atoms with Crippen molar-refractivity contribution in [2.45, 2.75) is 6.54 Å². The summed E-state index contributed by atoms with van der Waals surface area (Å²) in [5, 5.41) is 0. The fourth-order valence-electron chi connectivity index (χ4n) is 1.32. The molecule has 0 saturated heterocycles. The quantitative estimate of drug-likeness (QED) is 0.526. The van der Waals surface area contributed by atoms with Gasteiger partial charge in [-0.2, -0.15) is 4.57 Å². The maximum atomic E-state index is 3.74. The van der Waals surface area contributed by atoms with Gasteiger partial charge in [0.1, 0.15) is 0 Å². The van der Waals surface area contributed by atoms with Gasteiger partial charge in [0, 0.05) is 23.8 Å². The molecule has 0 radical (unpaired) electrons. The molecule has 1 aromatic rings. The summed E-state index contributed by atoms with van der Waals surface area (Å²) in [4.78, 5) is 0. The monoisotopic (exact) mass is 144 g/mol. The second-order valence-electron chi connectivity index (χ2n) is 2.68. The number of allylic oxidation sites excluding steroid dienone is 2. The van der Waals surface area contributed by atoms with Gasteiger partial charge in [-0.15, -0.1) is 0 Å². The van der Waals surface area contributed by atoms with Gasteiger partial charge in [0.25, 0.3) is 0 Å². The number of nitrogens with zero attached hydrogens (tertiary/aromatic N) is 1. The van der Waals surface area contributed by atoms with Gasteiger partial charge in [-0.1, -0.05) is 12.7 Å². The van der Waals surface area contributed by atoms with Gasteiger partial charge in [-0.3, -0.25) is 0 Å². The zero-order chi connectivity index (χ0) is 7.68. The van der Waals surface area contributed by atoms with E-state index in [1.54, 1.807) is 0 Å². The van der Waals surface area contributed by atoms with E-state index in [0.29, 0.717) is 0 Å². The Bertz CT molecular complexity index is 323. The molecular weight excluding hydrogens is 134 g/mol. The molecule has 54 valence electrons. The minimum absolute atomic E-state index is 0.972. The molecule has 1 aliphatic heterocycles. The van der Waals surface area contributed by atoms with Crippen LogP contribution in [0.4, 0.5) is 0 Å². The summed E-state index contributed by atoms with van der Waals surface area (Å²) in [5.74, 6) is 0. The Balaban J connectivity index is 2.47. The van der Waals surface area contributed by atoms with Gasteiger partial charge < -0.3 is 0 Å². The van der Waals surface area contributed by atoms with Crippen LogP contribution in [0, 0.1) is 0 Å². The van der Waals surface area contributed by atoms with Crippen molar-refractivity contribution in [2.24, 2.45) is 0 Å². The molecule has 0 fully saturated rings. The van der Waals surface area contributed by atoms with E-state index in [1.807, 2.05) is 18.2 Å². The second-order valence-corrected chi connectivity index (χ2v) is 2.68. The number of hydrogen-bond acceptors (Lipinski definition) is 0. The Morgan fingerprint density at radius 1 is 1.45 bits per heavy atom. The Morgan fingerprint density at radius 3 is 3.09 bits per heavy atom. The van der Waals surface area contributed by atoms with Gasteiger partial charge in [-0.05, 0) is 6.07 Å². The molecule has 2 heterocycles. The Hall–Kier alpha value is -1.37. The molecule has 1 heteroatoms. The Morgan fingerprint density at radius 2 is 2.36 bits per heavy atom. The molecule has 0 bridgehead atoms. The highest BCUT2D eigenvalue weighted by atomic mass is 15.0. The molecule has 0 atom stereocenters. The van der Waals surface area contributed by atoms with Gasteiger partial charge in [0.2, 0.25) is 5.69 Å². The molecular formula is C10H10N+. The molecule has 11 heavy (non-hydrogen) atoms. The molecule has 1 aromatic heterocycles. The van der Waals surface area contributed by atoms with Gasteiger partial charge >= 0.3 is 0 Å². The van der Waals surface area contributed by atoms with Crippen LogP contribution in [-0.4, -0.2) is 0 Å². The standard InChI is InChI=1S/C10H10N/c1-2-9-7-10-5-3-4-6-11(10)8-9/h2-7H,1,8H2/q+1. The number of rotatable bonds is 1. The summed E-state index contributed by atoms with van der Waals surface area (Å²) in [6, 6.07) is 6.20. The van der Waals surface area contributed by atoms with Crippen molar-refractivity contribution in [2.75, 3.05) is 0 Å². The first-order valence-corrected chi connectivity index (χ1v) is 3.71. The van der Waals surface area contributed by atoms with Gasteiger partial charge in [-0.25, -0.2) is 0 Å². The van der Waals surface area contributed by atoms with Crippen LogP contribution in [0.15, 0.2) is 42.6 Å². The number of pyridine rings is 1. The van der Waals surface area contributed by atoms with Crippen LogP contribution in [0.5, 0.6) is 0 Å². The van der Waals surface area contributed by atoms with Crippen LogP contribution in [0.2, 0.25) is 0 Å². The Labute approximate surface area is 66.3 Å². The fourth-order valence-corrected chi connectivity index (χ4v) is 1.32. The van der Waals surface area contributed by atoms with Crippen molar-refractivity contribution in [1.29, 1.82) is 0 Å². The summed E-state index contributed by atoms with van der Waals surface area (Å²) < 4.78 is 2.21. The van der Waals surface area contributed by atoms with Crippen LogP contribution >= 0.6 is 0 Å². The zero-order valence-corrected chi connectivity index (χ0v) is 6.33. The summed E-state index contributed by atoms with van der Waals surface area (Å²) in [7, 11) is 0. The minimum Gasteiger partial charge on any atom is -0.194 e. The van der Waals surface area contributed by atoms with Crippen LogP contribution in [-0.2, 0) is 6.54 Å². The predicted molar refractivity (Wildman–Crippen MR) is 44.8 cm³/mol. The molecule has 1 nitrogen and oxygen atoms in total. The number of fused-ring (bicyclic) bond motifs is 1. The summed E-state index contributed by atoms with van der Waals surface area (Å²) >= 11 is 0. The zero-order valence-electron chi connectivity index (χ0n) is 6.33. The van der Waals surface area contributed by atoms with Crippen molar-refractivity contribution in [3.05, 3.63) is 48.3 Å².